The summed E-state index contributed by atoms with van der Waals surface area (Å²) in [5.41, 5.74) is 1.65. The lowest BCUT2D eigenvalue weighted by molar-refractivity contribution is -0.118. The molecular formula is C22H27Br2NO3. The van der Waals surface area contributed by atoms with Crippen LogP contribution >= 0.6 is 31.9 Å². The number of hydrogen-bond donors (Lipinski definition) is 1. The van der Waals surface area contributed by atoms with Crippen molar-refractivity contribution in [3.63, 3.8) is 0 Å². The van der Waals surface area contributed by atoms with E-state index in [1.807, 2.05) is 43.3 Å². The van der Waals surface area contributed by atoms with E-state index in [1.54, 1.807) is 0 Å². The minimum atomic E-state index is -0.217. The van der Waals surface area contributed by atoms with E-state index in [1.165, 1.54) is 25.7 Å². The molecule has 2 aromatic rings. The number of hydrogen-bond acceptors (Lipinski definition) is 3. The van der Waals surface area contributed by atoms with Gasteiger partial charge in [-0.05, 0) is 59.1 Å². The molecule has 152 valence electrons. The zero-order chi connectivity index (χ0) is 20.4. The van der Waals surface area contributed by atoms with Gasteiger partial charge in [-0.15, -0.1) is 0 Å². The summed E-state index contributed by atoms with van der Waals surface area (Å²) in [6.07, 6.45) is 6.01. The molecule has 0 spiro atoms. The molecule has 2 rings (SSSR count). The zero-order valence-corrected chi connectivity index (χ0v) is 19.6. The maximum absolute atomic E-state index is 12.2. The zero-order valence-electron chi connectivity index (χ0n) is 16.4. The molecule has 0 aromatic heterocycles. The number of nitrogens with one attached hydrogen (secondary N) is 1. The molecule has 6 heteroatoms. The van der Waals surface area contributed by atoms with Crippen LogP contribution in [0.4, 0.5) is 5.69 Å². The Morgan fingerprint density at radius 1 is 1.04 bits per heavy atom. The summed E-state index contributed by atoms with van der Waals surface area (Å²) < 4.78 is 13.2. The van der Waals surface area contributed by atoms with Crippen LogP contribution < -0.4 is 14.8 Å². The minimum Gasteiger partial charge on any atom is -0.494 e. The van der Waals surface area contributed by atoms with Crippen LogP contribution in [0.25, 0.3) is 0 Å². The van der Waals surface area contributed by atoms with Gasteiger partial charge in [0, 0.05) is 16.2 Å². The van der Waals surface area contributed by atoms with Crippen LogP contribution in [-0.4, -0.2) is 19.1 Å². The van der Waals surface area contributed by atoms with Gasteiger partial charge in [0.1, 0.15) is 11.5 Å². The number of ether oxygens (including phenoxy) is 2. The van der Waals surface area contributed by atoms with Crippen molar-refractivity contribution in [2.45, 2.75) is 46.0 Å². The molecule has 1 amide bonds. The van der Waals surface area contributed by atoms with Gasteiger partial charge in [-0.25, -0.2) is 0 Å². The van der Waals surface area contributed by atoms with Crippen molar-refractivity contribution in [2.24, 2.45) is 0 Å². The number of anilines is 1. The smallest absolute Gasteiger partial charge is 0.262 e. The summed E-state index contributed by atoms with van der Waals surface area (Å²) in [5.74, 6) is 1.21. The van der Waals surface area contributed by atoms with Crippen molar-refractivity contribution in [3.8, 4) is 11.5 Å². The Morgan fingerprint density at radius 3 is 2.57 bits per heavy atom. The molecular weight excluding hydrogens is 486 g/mol. The van der Waals surface area contributed by atoms with E-state index >= 15 is 0 Å². The Balaban J connectivity index is 1.81. The highest BCUT2D eigenvalue weighted by Crippen LogP contribution is 2.32. The molecule has 0 aliphatic carbocycles. The second-order valence-corrected chi connectivity index (χ2v) is 8.43. The fourth-order valence-electron chi connectivity index (χ4n) is 2.77. The molecule has 0 saturated heterocycles. The molecule has 0 fully saturated rings. The lowest BCUT2D eigenvalue weighted by Gasteiger charge is -2.12. The molecule has 0 atom stereocenters. The first-order valence-corrected chi connectivity index (χ1v) is 11.2. The standard InChI is InChI=1S/C22H27Br2NO3/c1-3-4-5-6-7-11-27-19-10-8-9-18(14-19)25-21(26)15-28-22-16(2)12-17(23)13-20(22)24/h8-10,12-14H,3-7,11,15H2,1-2H3,(H,25,26). The van der Waals surface area contributed by atoms with E-state index in [-0.39, 0.29) is 12.5 Å². The summed E-state index contributed by atoms with van der Waals surface area (Å²) >= 11 is 6.90. The first kappa shape index (κ1) is 22.8. The van der Waals surface area contributed by atoms with E-state index in [0.717, 1.165) is 26.7 Å². The Labute approximate surface area is 184 Å². The van der Waals surface area contributed by atoms with Crippen LogP contribution in [0.5, 0.6) is 11.5 Å². The average molecular weight is 513 g/mol. The highest BCUT2D eigenvalue weighted by molar-refractivity contribution is 9.11. The van der Waals surface area contributed by atoms with Crippen molar-refractivity contribution in [1.29, 1.82) is 0 Å². The molecule has 0 unspecified atom stereocenters. The van der Waals surface area contributed by atoms with Crippen molar-refractivity contribution in [3.05, 3.63) is 50.9 Å². The highest BCUT2D eigenvalue weighted by atomic mass is 79.9. The number of aryl methyl sites for hydroxylation is 1. The monoisotopic (exact) mass is 511 g/mol. The van der Waals surface area contributed by atoms with Crippen LogP contribution in [0, 0.1) is 6.92 Å². The third-order valence-electron chi connectivity index (χ3n) is 4.18. The van der Waals surface area contributed by atoms with E-state index in [0.29, 0.717) is 18.0 Å². The molecule has 0 aliphatic heterocycles. The van der Waals surface area contributed by atoms with Crippen LogP contribution in [-0.2, 0) is 4.79 Å². The van der Waals surface area contributed by atoms with E-state index in [4.69, 9.17) is 9.47 Å². The number of halogens is 2. The van der Waals surface area contributed by atoms with Crippen LogP contribution in [0.3, 0.4) is 0 Å². The van der Waals surface area contributed by atoms with Gasteiger partial charge in [-0.2, -0.15) is 0 Å². The van der Waals surface area contributed by atoms with E-state index in [9.17, 15) is 4.79 Å². The van der Waals surface area contributed by atoms with Crippen molar-refractivity contribution >= 4 is 43.5 Å². The van der Waals surface area contributed by atoms with E-state index < -0.39 is 0 Å². The molecule has 4 nitrogen and oxygen atoms in total. The largest absolute Gasteiger partial charge is 0.494 e. The molecule has 1 N–H and O–H groups in total. The second kappa shape index (κ2) is 12.1. The molecule has 0 radical (unpaired) electrons. The molecule has 0 saturated carbocycles. The van der Waals surface area contributed by atoms with Gasteiger partial charge in [-0.3, -0.25) is 4.79 Å². The first-order chi connectivity index (χ1) is 13.5. The Bertz CT molecular complexity index is 757. The quantitative estimate of drug-likeness (QED) is 0.333. The summed E-state index contributed by atoms with van der Waals surface area (Å²) in [5, 5.41) is 2.85. The van der Waals surface area contributed by atoms with Crippen LogP contribution in [0.15, 0.2) is 45.3 Å². The van der Waals surface area contributed by atoms with Gasteiger partial charge in [0.25, 0.3) is 5.91 Å². The number of carbonyl (C=O) groups is 1. The SMILES string of the molecule is CCCCCCCOc1cccc(NC(=O)COc2c(C)cc(Br)cc2Br)c1. The summed E-state index contributed by atoms with van der Waals surface area (Å²) in [7, 11) is 0. The normalized spacial score (nSPS) is 10.6. The number of carbonyl (C=O) groups excluding carboxylic acids is 1. The van der Waals surface area contributed by atoms with Gasteiger partial charge in [0.05, 0.1) is 11.1 Å². The predicted octanol–water partition coefficient (Wildman–Crippen LogP) is 6.89. The first-order valence-electron chi connectivity index (χ1n) is 9.60. The fraction of sp³-hybridized carbons (Fsp3) is 0.409. The molecule has 0 aliphatic rings. The summed E-state index contributed by atoms with van der Waals surface area (Å²) in [6.45, 7) is 4.77. The summed E-state index contributed by atoms with van der Waals surface area (Å²) in [6, 6.07) is 11.3. The third kappa shape index (κ3) is 7.84. The molecule has 2 aromatic carbocycles. The van der Waals surface area contributed by atoms with Crippen LogP contribution in [0.1, 0.15) is 44.6 Å². The van der Waals surface area contributed by atoms with Crippen molar-refractivity contribution < 1.29 is 14.3 Å². The Hall–Kier alpha value is -1.53. The average Bonchev–Trinajstić information content (AvgIpc) is 2.64. The minimum absolute atomic E-state index is 0.0659. The van der Waals surface area contributed by atoms with Crippen molar-refractivity contribution in [1.82, 2.24) is 0 Å². The van der Waals surface area contributed by atoms with Gasteiger partial charge >= 0.3 is 0 Å². The number of unbranched alkanes of at least 4 members (excludes halogenated alkanes) is 4. The highest BCUT2D eigenvalue weighted by Gasteiger charge is 2.10. The number of benzene rings is 2. The Morgan fingerprint density at radius 2 is 1.82 bits per heavy atom. The number of amides is 1. The predicted molar refractivity (Wildman–Crippen MR) is 121 cm³/mol. The lowest BCUT2D eigenvalue weighted by Crippen LogP contribution is -2.20. The number of rotatable bonds is 11. The maximum atomic E-state index is 12.2. The topological polar surface area (TPSA) is 47.6 Å². The van der Waals surface area contributed by atoms with Gasteiger partial charge in [-0.1, -0.05) is 54.6 Å². The van der Waals surface area contributed by atoms with E-state index in [2.05, 4.69) is 44.1 Å². The fourth-order valence-corrected chi connectivity index (χ4v) is 4.32. The van der Waals surface area contributed by atoms with Crippen LogP contribution in [0.2, 0.25) is 0 Å². The van der Waals surface area contributed by atoms with Crippen molar-refractivity contribution in [2.75, 3.05) is 18.5 Å². The molecule has 0 bridgehead atoms. The van der Waals surface area contributed by atoms with Gasteiger partial charge in [0.15, 0.2) is 6.61 Å². The maximum Gasteiger partial charge on any atom is 0.262 e. The third-order valence-corrected chi connectivity index (χ3v) is 5.22. The van der Waals surface area contributed by atoms with Gasteiger partial charge < -0.3 is 14.8 Å². The molecule has 28 heavy (non-hydrogen) atoms. The molecule has 0 heterocycles. The van der Waals surface area contributed by atoms with Gasteiger partial charge in [0.2, 0.25) is 0 Å². The Kier molecular flexibility index (Phi) is 9.85. The summed E-state index contributed by atoms with van der Waals surface area (Å²) in [4.78, 5) is 12.2. The lowest BCUT2D eigenvalue weighted by atomic mass is 10.2. The second-order valence-electron chi connectivity index (χ2n) is 6.66.